The first-order valence-electron chi connectivity index (χ1n) is 6.80. The van der Waals surface area contributed by atoms with E-state index < -0.39 is 5.97 Å². The fraction of sp³-hybridized carbons (Fsp3) is 0.467. The fourth-order valence-electron chi connectivity index (χ4n) is 1.52. The van der Waals surface area contributed by atoms with Gasteiger partial charge < -0.3 is 14.8 Å². The zero-order chi connectivity index (χ0) is 15.8. The Hall–Kier alpha value is -1.56. The molecule has 21 heavy (non-hydrogen) atoms. The van der Waals surface area contributed by atoms with Gasteiger partial charge in [0.25, 0.3) is 5.91 Å². The van der Waals surface area contributed by atoms with Crippen LogP contribution in [0.3, 0.4) is 0 Å². The van der Waals surface area contributed by atoms with Gasteiger partial charge in [-0.3, -0.25) is 9.59 Å². The Labute approximate surface area is 133 Å². The summed E-state index contributed by atoms with van der Waals surface area (Å²) in [4.78, 5) is 23.4. The summed E-state index contributed by atoms with van der Waals surface area (Å²) in [5.41, 5.74) is 0.384. The second-order valence-corrected chi connectivity index (χ2v) is 5.75. The fourth-order valence-corrected chi connectivity index (χ4v) is 1.88. The lowest BCUT2D eigenvalue weighted by Crippen LogP contribution is -2.31. The maximum absolute atomic E-state index is 12.2. The molecule has 0 spiro atoms. The smallest absolute Gasteiger partial charge is 0.325 e. The number of halogens is 1. The minimum atomic E-state index is -0.467. The monoisotopic (exact) mass is 357 g/mol. The van der Waals surface area contributed by atoms with Crippen LogP contribution in [0.4, 0.5) is 0 Å². The molecule has 5 nitrogen and oxygen atoms in total. The highest BCUT2D eigenvalue weighted by atomic mass is 79.9. The van der Waals surface area contributed by atoms with Crippen molar-refractivity contribution in [2.45, 2.75) is 20.8 Å². The lowest BCUT2D eigenvalue weighted by molar-refractivity contribution is -0.141. The number of ether oxygens (including phenoxy) is 2. The van der Waals surface area contributed by atoms with Crippen LogP contribution in [0.25, 0.3) is 0 Å². The van der Waals surface area contributed by atoms with Crippen molar-refractivity contribution in [2.24, 2.45) is 5.92 Å². The van der Waals surface area contributed by atoms with E-state index in [0.29, 0.717) is 23.8 Å². The van der Waals surface area contributed by atoms with E-state index in [0.717, 1.165) is 4.47 Å². The average Bonchev–Trinajstić information content (AvgIpc) is 2.43. The summed E-state index contributed by atoms with van der Waals surface area (Å²) in [5.74, 6) is 0.00551. The molecule has 116 valence electrons. The van der Waals surface area contributed by atoms with Crippen molar-refractivity contribution < 1.29 is 19.1 Å². The number of carbonyl (C=O) groups is 2. The van der Waals surface area contributed by atoms with Crippen molar-refractivity contribution in [3.05, 3.63) is 28.2 Å². The molecule has 1 rings (SSSR count). The number of hydrogen-bond acceptors (Lipinski definition) is 4. The predicted molar refractivity (Wildman–Crippen MR) is 83.4 cm³/mol. The van der Waals surface area contributed by atoms with E-state index in [1.807, 2.05) is 13.8 Å². The zero-order valence-electron chi connectivity index (χ0n) is 12.4. The molecule has 1 aromatic rings. The number of carbonyl (C=O) groups excluding carboxylic acids is 2. The molecule has 0 heterocycles. The Morgan fingerprint density at radius 3 is 2.67 bits per heavy atom. The van der Waals surface area contributed by atoms with Gasteiger partial charge in [-0.2, -0.15) is 0 Å². The van der Waals surface area contributed by atoms with Gasteiger partial charge in [0.1, 0.15) is 12.3 Å². The molecule has 0 radical (unpaired) electrons. The van der Waals surface area contributed by atoms with Gasteiger partial charge in [0.2, 0.25) is 0 Å². The molecule has 0 saturated carbocycles. The Balaban J connectivity index is 2.76. The van der Waals surface area contributed by atoms with E-state index in [1.165, 1.54) is 0 Å². The van der Waals surface area contributed by atoms with Crippen molar-refractivity contribution in [3.8, 4) is 5.75 Å². The standard InChI is InChI=1S/C15H20BrNO4/c1-4-20-14(18)8-17-15(19)12-7-11(16)5-6-13(12)21-9-10(2)3/h5-7,10H,4,8-9H2,1-3H3,(H,17,19). The molecule has 6 heteroatoms. The molecule has 0 aromatic heterocycles. The molecule has 0 fully saturated rings. The molecular formula is C15H20BrNO4. The highest BCUT2D eigenvalue weighted by Crippen LogP contribution is 2.23. The number of rotatable bonds is 7. The Morgan fingerprint density at radius 1 is 1.33 bits per heavy atom. The lowest BCUT2D eigenvalue weighted by Gasteiger charge is -2.13. The van der Waals surface area contributed by atoms with Crippen molar-refractivity contribution in [2.75, 3.05) is 19.8 Å². The van der Waals surface area contributed by atoms with E-state index in [2.05, 4.69) is 21.2 Å². The predicted octanol–water partition coefficient (Wildman–Crippen LogP) is 2.78. The van der Waals surface area contributed by atoms with Gasteiger partial charge in [-0.1, -0.05) is 29.8 Å². The third-order valence-electron chi connectivity index (χ3n) is 2.46. The summed E-state index contributed by atoms with van der Waals surface area (Å²) in [7, 11) is 0. The van der Waals surface area contributed by atoms with Gasteiger partial charge in [-0.05, 0) is 31.0 Å². The zero-order valence-corrected chi connectivity index (χ0v) is 14.0. The largest absolute Gasteiger partial charge is 0.492 e. The Morgan fingerprint density at radius 2 is 2.05 bits per heavy atom. The minimum Gasteiger partial charge on any atom is -0.492 e. The number of hydrogen-bond donors (Lipinski definition) is 1. The number of esters is 1. The lowest BCUT2D eigenvalue weighted by atomic mass is 10.2. The molecular weight excluding hydrogens is 338 g/mol. The highest BCUT2D eigenvalue weighted by molar-refractivity contribution is 9.10. The van der Waals surface area contributed by atoms with Crippen molar-refractivity contribution in [1.29, 1.82) is 0 Å². The molecule has 0 atom stereocenters. The van der Waals surface area contributed by atoms with Crippen LogP contribution in [0.2, 0.25) is 0 Å². The van der Waals surface area contributed by atoms with Crippen LogP contribution in [0, 0.1) is 5.92 Å². The number of benzene rings is 1. The van der Waals surface area contributed by atoms with Gasteiger partial charge >= 0.3 is 5.97 Å². The van der Waals surface area contributed by atoms with E-state index in [4.69, 9.17) is 9.47 Å². The summed E-state index contributed by atoms with van der Waals surface area (Å²) < 4.78 is 11.2. The van der Waals surface area contributed by atoms with Crippen LogP contribution in [-0.2, 0) is 9.53 Å². The van der Waals surface area contributed by atoms with E-state index >= 15 is 0 Å². The van der Waals surface area contributed by atoms with E-state index in [9.17, 15) is 9.59 Å². The van der Waals surface area contributed by atoms with Gasteiger partial charge in [0, 0.05) is 4.47 Å². The van der Waals surface area contributed by atoms with E-state index in [-0.39, 0.29) is 19.1 Å². The molecule has 0 saturated heterocycles. The van der Waals surface area contributed by atoms with Crippen LogP contribution in [0.1, 0.15) is 31.1 Å². The average molecular weight is 358 g/mol. The number of amides is 1. The second kappa shape index (κ2) is 8.67. The maximum Gasteiger partial charge on any atom is 0.325 e. The minimum absolute atomic E-state index is 0.164. The van der Waals surface area contributed by atoms with Crippen LogP contribution >= 0.6 is 15.9 Å². The van der Waals surface area contributed by atoms with Crippen LogP contribution in [-0.4, -0.2) is 31.6 Å². The normalized spacial score (nSPS) is 10.3. The first-order valence-corrected chi connectivity index (χ1v) is 7.59. The Kier molecular flexibility index (Phi) is 7.22. The SMILES string of the molecule is CCOC(=O)CNC(=O)c1cc(Br)ccc1OCC(C)C. The molecule has 0 unspecified atom stereocenters. The van der Waals surface area contributed by atoms with Crippen molar-refractivity contribution in [3.63, 3.8) is 0 Å². The first kappa shape index (κ1) is 17.5. The van der Waals surface area contributed by atoms with Crippen molar-refractivity contribution in [1.82, 2.24) is 5.32 Å². The topological polar surface area (TPSA) is 64.6 Å². The highest BCUT2D eigenvalue weighted by Gasteiger charge is 2.15. The first-order chi connectivity index (χ1) is 9.93. The van der Waals surface area contributed by atoms with Gasteiger partial charge in [0.05, 0.1) is 18.8 Å². The van der Waals surface area contributed by atoms with Crippen molar-refractivity contribution >= 4 is 27.8 Å². The van der Waals surface area contributed by atoms with Gasteiger partial charge in [-0.15, -0.1) is 0 Å². The molecule has 0 bridgehead atoms. The van der Waals surface area contributed by atoms with Crippen LogP contribution < -0.4 is 10.1 Å². The summed E-state index contributed by atoms with van der Waals surface area (Å²) in [5, 5.41) is 2.52. The second-order valence-electron chi connectivity index (χ2n) is 4.83. The molecule has 1 N–H and O–H groups in total. The van der Waals surface area contributed by atoms with E-state index in [1.54, 1.807) is 25.1 Å². The molecule has 1 aromatic carbocycles. The van der Waals surface area contributed by atoms with Crippen LogP contribution in [0.5, 0.6) is 5.75 Å². The van der Waals surface area contributed by atoms with Crippen LogP contribution in [0.15, 0.2) is 22.7 Å². The summed E-state index contributed by atoms with van der Waals surface area (Å²) >= 11 is 3.32. The Bertz CT molecular complexity index is 502. The van der Waals surface area contributed by atoms with Gasteiger partial charge in [-0.25, -0.2) is 0 Å². The quantitative estimate of drug-likeness (QED) is 0.762. The molecule has 1 amide bonds. The summed E-state index contributed by atoms with van der Waals surface area (Å²) in [6.07, 6.45) is 0. The third-order valence-corrected chi connectivity index (χ3v) is 2.95. The third kappa shape index (κ3) is 6.16. The number of nitrogens with one attached hydrogen (secondary N) is 1. The summed E-state index contributed by atoms with van der Waals surface area (Å²) in [6, 6.07) is 5.19. The maximum atomic E-state index is 12.2. The molecule has 0 aliphatic rings. The molecule has 0 aliphatic carbocycles. The molecule has 0 aliphatic heterocycles. The summed E-state index contributed by atoms with van der Waals surface area (Å²) in [6.45, 7) is 6.40. The van der Waals surface area contributed by atoms with Gasteiger partial charge in [0.15, 0.2) is 0 Å².